The fourth-order valence-corrected chi connectivity index (χ4v) is 1.81. The molecule has 114 valence electrons. The molecule has 0 saturated heterocycles. The lowest BCUT2D eigenvalue weighted by atomic mass is 10.1. The predicted octanol–water partition coefficient (Wildman–Crippen LogP) is 4.05. The molecule has 0 fully saturated rings. The molecule has 20 heavy (non-hydrogen) atoms. The molecule has 0 aromatic heterocycles. The van der Waals surface area contributed by atoms with E-state index in [-0.39, 0.29) is 18.3 Å². The average molecular weight is 293 g/mol. The van der Waals surface area contributed by atoms with Crippen LogP contribution in [0.3, 0.4) is 0 Å². The lowest BCUT2D eigenvalue weighted by Crippen LogP contribution is -2.26. The topological polar surface area (TPSA) is 21.3 Å². The van der Waals surface area contributed by atoms with Crippen LogP contribution in [0.15, 0.2) is 18.2 Å². The summed E-state index contributed by atoms with van der Waals surface area (Å²) < 4.78 is 54.4. The molecule has 1 N–H and O–H groups in total. The molecule has 0 aliphatic carbocycles. The summed E-state index contributed by atoms with van der Waals surface area (Å²) in [4.78, 5) is 0. The minimum Gasteiger partial charge on any atom is -0.484 e. The Morgan fingerprint density at radius 2 is 2.00 bits per heavy atom. The van der Waals surface area contributed by atoms with Gasteiger partial charge in [-0.3, -0.25) is 0 Å². The maximum Gasteiger partial charge on any atom is 0.422 e. The van der Waals surface area contributed by atoms with Gasteiger partial charge < -0.3 is 10.1 Å². The zero-order valence-corrected chi connectivity index (χ0v) is 11.6. The summed E-state index contributed by atoms with van der Waals surface area (Å²) in [6.07, 6.45) is -2.47. The molecule has 1 aromatic rings. The molecular formula is C14H19F4NO. The van der Waals surface area contributed by atoms with Crippen molar-refractivity contribution >= 4 is 0 Å². The predicted molar refractivity (Wildman–Crippen MR) is 69.2 cm³/mol. The van der Waals surface area contributed by atoms with Crippen LogP contribution < -0.4 is 10.1 Å². The van der Waals surface area contributed by atoms with Gasteiger partial charge in [-0.2, -0.15) is 13.2 Å². The van der Waals surface area contributed by atoms with E-state index in [1.807, 2.05) is 13.8 Å². The summed E-state index contributed by atoms with van der Waals surface area (Å²) in [5.74, 6) is -0.441. The smallest absolute Gasteiger partial charge is 0.422 e. The summed E-state index contributed by atoms with van der Waals surface area (Å²) in [5, 5.41) is 3.14. The van der Waals surface area contributed by atoms with Crippen LogP contribution in [0.1, 0.15) is 32.3 Å². The van der Waals surface area contributed by atoms with Gasteiger partial charge in [0.25, 0.3) is 0 Å². The van der Waals surface area contributed by atoms with E-state index >= 15 is 0 Å². The van der Waals surface area contributed by atoms with Gasteiger partial charge in [-0.15, -0.1) is 0 Å². The van der Waals surface area contributed by atoms with Gasteiger partial charge in [-0.1, -0.05) is 13.3 Å². The first-order chi connectivity index (χ1) is 9.31. The Labute approximate surface area is 116 Å². The van der Waals surface area contributed by atoms with E-state index in [1.165, 1.54) is 12.1 Å². The van der Waals surface area contributed by atoms with Crippen LogP contribution in [0.25, 0.3) is 0 Å². The largest absolute Gasteiger partial charge is 0.484 e. The maximum absolute atomic E-state index is 13.2. The fourth-order valence-electron chi connectivity index (χ4n) is 1.81. The maximum atomic E-state index is 13.2. The number of ether oxygens (including phenoxy) is 1. The van der Waals surface area contributed by atoms with Gasteiger partial charge in [-0.05, 0) is 31.5 Å². The van der Waals surface area contributed by atoms with E-state index in [0.717, 1.165) is 18.9 Å². The van der Waals surface area contributed by atoms with Gasteiger partial charge in [0.05, 0.1) is 0 Å². The number of halogens is 4. The Kier molecular flexibility index (Phi) is 6.26. The second kappa shape index (κ2) is 7.47. The van der Waals surface area contributed by atoms with Crippen molar-refractivity contribution in [2.75, 3.05) is 6.61 Å². The van der Waals surface area contributed by atoms with Crippen molar-refractivity contribution in [1.29, 1.82) is 0 Å². The highest BCUT2D eigenvalue weighted by Gasteiger charge is 2.28. The van der Waals surface area contributed by atoms with Gasteiger partial charge in [0.1, 0.15) is 11.6 Å². The third kappa shape index (κ3) is 6.23. The molecule has 0 heterocycles. The minimum absolute atomic E-state index is 0.0555. The van der Waals surface area contributed by atoms with E-state index in [9.17, 15) is 17.6 Å². The Bertz CT molecular complexity index is 420. The molecule has 1 rings (SSSR count). The summed E-state index contributed by atoms with van der Waals surface area (Å²) in [6, 6.07) is 3.71. The van der Waals surface area contributed by atoms with E-state index in [1.54, 1.807) is 0 Å². The summed E-state index contributed by atoms with van der Waals surface area (Å²) in [7, 11) is 0. The van der Waals surface area contributed by atoms with Gasteiger partial charge >= 0.3 is 6.18 Å². The molecule has 6 heteroatoms. The second-order valence-corrected chi connectivity index (χ2v) is 4.73. The number of alkyl halides is 3. The molecule has 1 aromatic carbocycles. The van der Waals surface area contributed by atoms with Crippen LogP contribution in [-0.2, 0) is 6.54 Å². The monoisotopic (exact) mass is 293 g/mol. The van der Waals surface area contributed by atoms with Crippen LogP contribution in [-0.4, -0.2) is 18.8 Å². The van der Waals surface area contributed by atoms with Crippen molar-refractivity contribution in [3.05, 3.63) is 29.6 Å². The normalized spacial score (nSPS) is 13.3. The first-order valence-corrected chi connectivity index (χ1v) is 6.53. The standard InChI is InChI=1S/C14H19F4NO/c1-3-4-10(2)19-8-11-7-12(15)5-6-13(11)20-9-14(16,17)18/h5-7,10,19H,3-4,8-9H2,1-2H3. The zero-order valence-electron chi connectivity index (χ0n) is 11.6. The molecule has 0 aliphatic rings. The molecule has 1 unspecified atom stereocenters. The molecule has 0 spiro atoms. The molecule has 0 saturated carbocycles. The highest BCUT2D eigenvalue weighted by molar-refractivity contribution is 5.34. The molecule has 0 radical (unpaired) electrons. The van der Waals surface area contributed by atoms with Crippen molar-refractivity contribution in [2.24, 2.45) is 0 Å². The second-order valence-electron chi connectivity index (χ2n) is 4.73. The molecule has 0 amide bonds. The minimum atomic E-state index is -4.41. The van der Waals surface area contributed by atoms with Crippen molar-refractivity contribution in [3.8, 4) is 5.75 Å². The third-order valence-electron chi connectivity index (χ3n) is 2.78. The first-order valence-electron chi connectivity index (χ1n) is 6.53. The van der Waals surface area contributed by atoms with Crippen molar-refractivity contribution in [2.45, 2.75) is 45.5 Å². The SMILES string of the molecule is CCCC(C)NCc1cc(F)ccc1OCC(F)(F)F. The Balaban J connectivity index is 2.69. The van der Waals surface area contributed by atoms with E-state index in [0.29, 0.717) is 5.56 Å². The zero-order chi connectivity index (χ0) is 15.2. The van der Waals surface area contributed by atoms with Crippen molar-refractivity contribution < 1.29 is 22.3 Å². The first kappa shape index (κ1) is 16.8. The van der Waals surface area contributed by atoms with Crippen molar-refractivity contribution in [1.82, 2.24) is 5.32 Å². The third-order valence-corrected chi connectivity index (χ3v) is 2.78. The molecule has 2 nitrogen and oxygen atoms in total. The molecule has 0 bridgehead atoms. The molecular weight excluding hydrogens is 274 g/mol. The van der Waals surface area contributed by atoms with E-state index in [2.05, 4.69) is 5.32 Å². The molecule has 0 aliphatic heterocycles. The molecule has 1 atom stereocenters. The lowest BCUT2D eigenvalue weighted by molar-refractivity contribution is -0.153. The Morgan fingerprint density at radius 3 is 2.60 bits per heavy atom. The lowest BCUT2D eigenvalue weighted by Gasteiger charge is -2.16. The van der Waals surface area contributed by atoms with Gasteiger partial charge in [0, 0.05) is 18.2 Å². The van der Waals surface area contributed by atoms with Crippen LogP contribution >= 0.6 is 0 Å². The van der Waals surface area contributed by atoms with Crippen LogP contribution in [0.2, 0.25) is 0 Å². The highest BCUT2D eigenvalue weighted by Crippen LogP contribution is 2.23. The van der Waals surface area contributed by atoms with E-state index in [4.69, 9.17) is 4.74 Å². The van der Waals surface area contributed by atoms with Gasteiger partial charge in [0.2, 0.25) is 0 Å². The van der Waals surface area contributed by atoms with E-state index < -0.39 is 18.6 Å². The summed E-state index contributed by atoms with van der Waals surface area (Å²) in [6.45, 7) is 2.90. The Hall–Kier alpha value is -1.30. The van der Waals surface area contributed by atoms with Crippen LogP contribution in [0.5, 0.6) is 5.75 Å². The van der Waals surface area contributed by atoms with Gasteiger partial charge in [0.15, 0.2) is 6.61 Å². The summed E-state index contributed by atoms with van der Waals surface area (Å²) >= 11 is 0. The fraction of sp³-hybridized carbons (Fsp3) is 0.571. The number of nitrogens with one attached hydrogen (secondary N) is 1. The van der Waals surface area contributed by atoms with Crippen LogP contribution in [0, 0.1) is 5.82 Å². The highest BCUT2D eigenvalue weighted by atomic mass is 19.4. The number of rotatable bonds is 7. The van der Waals surface area contributed by atoms with Crippen molar-refractivity contribution in [3.63, 3.8) is 0 Å². The van der Waals surface area contributed by atoms with Gasteiger partial charge in [-0.25, -0.2) is 4.39 Å². The number of benzene rings is 1. The average Bonchev–Trinajstić information content (AvgIpc) is 2.34. The quantitative estimate of drug-likeness (QED) is 0.766. The summed E-state index contributed by atoms with van der Waals surface area (Å²) in [5.41, 5.74) is 0.386. The number of hydrogen-bond acceptors (Lipinski definition) is 2. The van der Waals surface area contributed by atoms with Crippen LogP contribution in [0.4, 0.5) is 17.6 Å². The number of hydrogen-bond donors (Lipinski definition) is 1. The Morgan fingerprint density at radius 1 is 1.30 bits per heavy atom.